The molecule has 1 saturated heterocycles. The second-order valence-electron chi connectivity index (χ2n) is 6.33. The summed E-state index contributed by atoms with van der Waals surface area (Å²) in [6.07, 6.45) is -0.0820. The largest absolute Gasteiger partial charge is 0.380 e. The summed E-state index contributed by atoms with van der Waals surface area (Å²) in [7, 11) is -2.01. The van der Waals surface area contributed by atoms with Gasteiger partial charge < -0.3 is 15.4 Å². The molecule has 7 nitrogen and oxygen atoms in total. The van der Waals surface area contributed by atoms with E-state index in [0.717, 1.165) is 11.1 Å². The molecule has 1 aromatic carbocycles. The number of halogens is 1. The Kier molecular flexibility index (Phi) is 8.49. The molecule has 1 unspecified atom stereocenters. The van der Waals surface area contributed by atoms with Crippen molar-refractivity contribution in [3.05, 3.63) is 29.3 Å². The number of hydrogen-bond donors (Lipinski definition) is 1. The molecule has 1 aromatic rings. The van der Waals surface area contributed by atoms with Crippen LogP contribution < -0.4 is 5.73 Å². The topological polar surface area (TPSA) is 92.9 Å². The molecule has 1 amide bonds. The van der Waals surface area contributed by atoms with E-state index in [0.29, 0.717) is 31.1 Å². The van der Waals surface area contributed by atoms with Crippen LogP contribution in [0.3, 0.4) is 0 Å². The number of ether oxygens (including phenoxy) is 1. The SMILES string of the molecule is COC(CN)CC(=O)N1CCN(S(=O)(=O)c2ccc(C)c(C)c2)CC1.Cl. The second-order valence-corrected chi connectivity index (χ2v) is 8.27. The Bertz CT molecular complexity index is 715. The van der Waals surface area contributed by atoms with Gasteiger partial charge in [0.1, 0.15) is 0 Å². The maximum atomic E-state index is 12.8. The van der Waals surface area contributed by atoms with E-state index in [1.54, 1.807) is 17.0 Å². The van der Waals surface area contributed by atoms with Crippen molar-refractivity contribution >= 4 is 28.3 Å². The molecule has 1 aliphatic heterocycles. The number of aryl methyl sites for hydroxylation is 2. The van der Waals surface area contributed by atoms with Gasteiger partial charge in [0.15, 0.2) is 0 Å². The number of hydrogen-bond acceptors (Lipinski definition) is 5. The first-order chi connectivity index (χ1) is 11.8. The molecule has 2 rings (SSSR count). The quantitative estimate of drug-likeness (QED) is 0.759. The normalized spacial score (nSPS) is 16.8. The minimum atomic E-state index is -3.53. The minimum absolute atomic E-state index is 0. The lowest BCUT2D eigenvalue weighted by molar-refractivity contribution is -0.134. The molecule has 1 heterocycles. The van der Waals surface area contributed by atoms with Gasteiger partial charge in [0, 0.05) is 39.8 Å². The van der Waals surface area contributed by atoms with Crippen molar-refractivity contribution in [1.82, 2.24) is 9.21 Å². The number of carbonyl (C=O) groups excluding carboxylic acids is 1. The van der Waals surface area contributed by atoms with Crippen molar-refractivity contribution in [2.45, 2.75) is 31.3 Å². The molecule has 0 radical (unpaired) electrons. The van der Waals surface area contributed by atoms with Crippen LogP contribution in [0.2, 0.25) is 0 Å². The minimum Gasteiger partial charge on any atom is -0.380 e. The average molecular weight is 406 g/mol. The summed E-state index contributed by atoms with van der Waals surface area (Å²) < 4.78 is 32.1. The van der Waals surface area contributed by atoms with E-state index < -0.39 is 10.0 Å². The van der Waals surface area contributed by atoms with Gasteiger partial charge in [0.25, 0.3) is 0 Å². The zero-order valence-electron chi connectivity index (χ0n) is 15.5. The van der Waals surface area contributed by atoms with E-state index >= 15 is 0 Å². The Hall–Kier alpha value is -1.19. The lowest BCUT2D eigenvalue weighted by Crippen LogP contribution is -2.51. The van der Waals surface area contributed by atoms with Gasteiger partial charge in [-0.2, -0.15) is 4.31 Å². The molecule has 148 valence electrons. The summed E-state index contributed by atoms with van der Waals surface area (Å²) in [5.41, 5.74) is 7.55. The fourth-order valence-electron chi connectivity index (χ4n) is 2.79. The molecular weight excluding hydrogens is 378 g/mol. The maximum absolute atomic E-state index is 12.8. The highest BCUT2D eigenvalue weighted by Gasteiger charge is 2.30. The van der Waals surface area contributed by atoms with Gasteiger partial charge in [-0.25, -0.2) is 8.42 Å². The Morgan fingerprint density at radius 1 is 1.19 bits per heavy atom. The Balaban J connectivity index is 0.00000338. The van der Waals surface area contributed by atoms with E-state index in [1.807, 2.05) is 19.9 Å². The summed E-state index contributed by atoms with van der Waals surface area (Å²) in [5.74, 6) is -0.0551. The highest BCUT2D eigenvalue weighted by Crippen LogP contribution is 2.20. The molecule has 0 bridgehead atoms. The van der Waals surface area contributed by atoms with Crippen molar-refractivity contribution in [3.8, 4) is 0 Å². The third-order valence-corrected chi connectivity index (χ3v) is 6.60. The molecule has 1 atom stereocenters. The number of methoxy groups -OCH3 is 1. The summed E-state index contributed by atoms with van der Waals surface area (Å²) in [6, 6.07) is 5.16. The van der Waals surface area contributed by atoms with E-state index in [1.165, 1.54) is 11.4 Å². The van der Waals surface area contributed by atoms with Crippen LogP contribution in [0.5, 0.6) is 0 Å². The first kappa shape index (κ1) is 22.9. The van der Waals surface area contributed by atoms with Crippen LogP contribution in [0.15, 0.2) is 23.1 Å². The first-order valence-corrected chi connectivity index (χ1v) is 9.81. The third-order valence-electron chi connectivity index (χ3n) is 4.71. The summed E-state index contributed by atoms with van der Waals surface area (Å²) in [4.78, 5) is 14.2. The number of rotatable bonds is 6. The van der Waals surface area contributed by atoms with Crippen molar-refractivity contribution in [3.63, 3.8) is 0 Å². The van der Waals surface area contributed by atoms with E-state index in [4.69, 9.17) is 10.5 Å². The van der Waals surface area contributed by atoms with Crippen LogP contribution in [-0.2, 0) is 19.6 Å². The fourth-order valence-corrected chi connectivity index (χ4v) is 4.30. The van der Waals surface area contributed by atoms with Gasteiger partial charge in [0.05, 0.1) is 17.4 Å². The monoisotopic (exact) mass is 405 g/mol. The van der Waals surface area contributed by atoms with Crippen LogP contribution in [0.25, 0.3) is 0 Å². The average Bonchev–Trinajstić information content (AvgIpc) is 2.61. The molecular formula is C17H28ClN3O4S. The molecule has 1 fully saturated rings. The Morgan fingerprint density at radius 2 is 1.81 bits per heavy atom. The standard InChI is InChI=1S/C17H27N3O4S.ClH/c1-13-4-5-16(10-14(13)2)25(22,23)20-8-6-19(7-9-20)17(21)11-15(12-18)24-3;/h4-5,10,15H,6-9,11-12,18H2,1-3H3;1H. The summed E-state index contributed by atoms with van der Waals surface area (Å²) >= 11 is 0. The van der Waals surface area contributed by atoms with Crippen LogP contribution in [0.1, 0.15) is 17.5 Å². The molecule has 0 saturated carbocycles. The zero-order chi connectivity index (χ0) is 18.6. The highest BCUT2D eigenvalue weighted by molar-refractivity contribution is 7.89. The number of piperazine rings is 1. The molecule has 1 aliphatic rings. The van der Waals surface area contributed by atoms with Gasteiger partial charge in [-0.05, 0) is 37.1 Å². The molecule has 26 heavy (non-hydrogen) atoms. The van der Waals surface area contributed by atoms with Gasteiger partial charge in [-0.1, -0.05) is 6.07 Å². The number of sulfonamides is 1. The summed E-state index contributed by atoms with van der Waals surface area (Å²) in [6.45, 7) is 5.47. The van der Waals surface area contributed by atoms with E-state index in [2.05, 4.69) is 0 Å². The molecule has 0 aromatic heterocycles. The Labute approximate surface area is 161 Å². The number of benzene rings is 1. The van der Waals surface area contributed by atoms with Crippen molar-refractivity contribution in [1.29, 1.82) is 0 Å². The lowest BCUT2D eigenvalue weighted by atomic mass is 10.1. The zero-order valence-corrected chi connectivity index (χ0v) is 17.1. The van der Waals surface area contributed by atoms with Gasteiger partial charge in [0.2, 0.25) is 15.9 Å². The van der Waals surface area contributed by atoms with Crippen LogP contribution in [0, 0.1) is 13.8 Å². The Morgan fingerprint density at radius 3 is 2.31 bits per heavy atom. The molecule has 2 N–H and O–H groups in total. The number of nitrogens with two attached hydrogens (primary N) is 1. The summed E-state index contributed by atoms with van der Waals surface area (Å²) in [5, 5.41) is 0. The lowest BCUT2D eigenvalue weighted by Gasteiger charge is -2.34. The molecule has 0 spiro atoms. The number of amides is 1. The van der Waals surface area contributed by atoms with E-state index in [-0.39, 0.29) is 37.4 Å². The van der Waals surface area contributed by atoms with Crippen molar-refractivity contribution in [2.75, 3.05) is 39.8 Å². The molecule has 9 heteroatoms. The van der Waals surface area contributed by atoms with Crippen LogP contribution in [-0.4, -0.2) is 69.5 Å². The number of carbonyl (C=O) groups is 1. The van der Waals surface area contributed by atoms with E-state index in [9.17, 15) is 13.2 Å². The van der Waals surface area contributed by atoms with Crippen LogP contribution in [0.4, 0.5) is 0 Å². The third kappa shape index (κ3) is 5.17. The van der Waals surface area contributed by atoms with Crippen molar-refractivity contribution in [2.24, 2.45) is 5.73 Å². The van der Waals surface area contributed by atoms with Gasteiger partial charge >= 0.3 is 0 Å². The van der Waals surface area contributed by atoms with Gasteiger partial charge in [-0.15, -0.1) is 12.4 Å². The first-order valence-electron chi connectivity index (χ1n) is 8.37. The smallest absolute Gasteiger partial charge is 0.243 e. The highest BCUT2D eigenvalue weighted by atomic mass is 35.5. The maximum Gasteiger partial charge on any atom is 0.243 e. The van der Waals surface area contributed by atoms with Gasteiger partial charge in [-0.3, -0.25) is 4.79 Å². The number of nitrogens with zero attached hydrogens (tertiary/aromatic N) is 2. The van der Waals surface area contributed by atoms with Crippen LogP contribution >= 0.6 is 12.4 Å². The predicted molar refractivity (Wildman–Crippen MR) is 103 cm³/mol. The predicted octanol–water partition coefficient (Wildman–Crippen LogP) is 0.922. The second kappa shape index (κ2) is 9.66. The molecule has 0 aliphatic carbocycles. The van der Waals surface area contributed by atoms with Crippen molar-refractivity contribution < 1.29 is 17.9 Å². The fraction of sp³-hybridized carbons (Fsp3) is 0.588.